The Balaban J connectivity index is 1.60. The minimum Gasteiger partial charge on any atom is -0.491 e. The third-order valence-corrected chi connectivity index (χ3v) is 14.0. The lowest BCUT2D eigenvalue weighted by molar-refractivity contribution is -0.144. The van der Waals surface area contributed by atoms with Gasteiger partial charge in [-0.1, -0.05) is 27.2 Å². The van der Waals surface area contributed by atoms with Gasteiger partial charge in [0, 0.05) is 49.1 Å². The topological polar surface area (TPSA) is 407 Å². The summed E-state index contributed by atoms with van der Waals surface area (Å²) in [6.45, 7) is 4.67. The molecule has 2 bridgehead atoms. The van der Waals surface area contributed by atoms with Gasteiger partial charge in [-0.3, -0.25) is 43.2 Å². The number of carbonyl (C=O) groups excluding carboxylic acids is 9. The van der Waals surface area contributed by atoms with Crippen molar-refractivity contribution >= 4 is 75.8 Å². The van der Waals surface area contributed by atoms with Gasteiger partial charge in [0.2, 0.25) is 53.2 Å². The van der Waals surface area contributed by atoms with Gasteiger partial charge in [0.05, 0.1) is 88.5 Å². The number of nitrogens with two attached hydrogens (primary N) is 2. The number of H-pyrrole nitrogens is 1. The Morgan fingerprint density at radius 1 is 0.800 bits per heavy atom. The van der Waals surface area contributed by atoms with Crippen molar-refractivity contribution in [3.05, 3.63) is 23.8 Å². The molecular formula is C47H71N11O16S. The van der Waals surface area contributed by atoms with Crippen LogP contribution in [-0.2, 0) is 63.8 Å². The molecule has 75 heavy (non-hydrogen) atoms. The lowest BCUT2D eigenvalue weighted by Gasteiger charge is -2.32. The van der Waals surface area contributed by atoms with E-state index in [1.165, 1.54) is 6.92 Å². The Morgan fingerprint density at radius 2 is 1.45 bits per heavy atom. The molecule has 3 aliphatic heterocycles. The molecule has 1 fully saturated rings. The number of aliphatic hydroxyl groups excluding tert-OH is 3. The standard InChI is InChI=1S/C47H71N11O16S/c1-4-24(2)39-44(68)51-19-37(63)52-33-23-75-46-29(28-6-5-27(16-30(28)55-46)74-14-13-73-12-11-72-10-9-71-8-7-48)17-31(41(65)50-20-38(64)56-39)53-45(69)40(25(3)35(61)22-59)57-43(67)34-15-26(60)21-58(34)47(70)32(18-36(49)62)54-42(33)66/h5-6,16,24-26,31-35,39-40,55,59-61H,4,7-15,17-23,48H2,1-3H3,(H2,49,62)(H,50,65)(H,51,68)(H,52,63)(H,53,69)(H,54,66)(H,56,64)(H,57,67)/t24?,25-,26?,31?,32-,33?,34?,35-,39?,40-/m0/s1. The Bertz CT molecular complexity index is 2340. The van der Waals surface area contributed by atoms with Crippen LogP contribution in [0, 0.1) is 11.8 Å². The SMILES string of the molecule is CCC(C)C1NC(=O)CNC(=O)C2Cc3c([nH]c4cc(OCCOCCOCCOCCN)ccc34)SCC(NC(=O)CNC1=O)C(=O)N[C@@H](CC(N)=O)C(=O)N1CC(O)CC1C(=O)N[C@@H]([C@@H](C)[C@@H](O)CO)C(=O)N2. The van der Waals surface area contributed by atoms with Crippen molar-refractivity contribution in [2.75, 3.05) is 84.8 Å². The minimum atomic E-state index is -1.76. The first kappa shape index (κ1) is 59.7. The molecule has 0 spiro atoms. The summed E-state index contributed by atoms with van der Waals surface area (Å²) < 4.78 is 22.4. The lowest BCUT2D eigenvalue weighted by Crippen LogP contribution is -2.62. The van der Waals surface area contributed by atoms with Crippen LogP contribution in [0.5, 0.6) is 5.75 Å². The predicted molar refractivity (Wildman–Crippen MR) is 267 cm³/mol. The smallest absolute Gasteiger partial charge is 0.246 e. The van der Waals surface area contributed by atoms with Crippen LogP contribution >= 0.6 is 11.8 Å². The number of hydrogen-bond acceptors (Lipinski definition) is 18. The van der Waals surface area contributed by atoms with Gasteiger partial charge in [-0.2, -0.15) is 0 Å². The Morgan fingerprint density at radius 3 is 2.11 bits per heavy atom. The van der Waals surface area contributed by atoms with Crippen molar-refractivity contribution in [3.63, 3.8) is 0 Å². The van der Waals surface area contributed by atoms with Crippen LogP contribution in [0.2, 0.25) is 0 Å². The Kier molecular flexibility index (Phi) is 23.3. The first-order chi connectivity index (χ1) is 35.8. The fourth-order valence-electron chi connectivity index (χ4n) is 8.49. The number of nitrogens with zero attached hydrogens (tertiary/aromatic N) is 1. The van der Waals surface area contributed by atoms with Crippen LogP contribution in [0.1, 0.15) is 45.6 Å². The van der Waals surface area contributed by atoms with Gasteiger partial charge in [0.1, 0.15) is 48.6 Å². The zero-order valence-corrected chi connectivity index (χ0v) is 43.0. The van der Waals surface area contributed by atoms with Gasteiger partial charge in [0.15, 0.2) is 0 Å². The van der Waals surface area contributed by atoms with Crippen LogP contribution in [0.15, 0.2) is 23.2 Å². The molecule has 27 nitrogen and oxygen atoms in total. The second-order valence-corrected chi connectivity index (χ2v) is 19.4. The third kappa shape index (κ3) is 17.2. The van der Waals surface area contributed by atoms with Crippen LogP contribution in [-0.4, -0.2) is 212 Å². The molecule has 1 saturated heterocycles. The number of carbonyl (C=O) groups is 9. The van der Waals surface area contributed by atoms with Gasteiger partial charge in [-0.15, -0.1) is 11.8 Å². The largest absolute Gasteiger partial charge is 0.491 e. The maximum absolute atomic E-state index is 14.6. The number of rotatable bonds is 19. The predicted octanol–water partition coefficient (Wildman–Crippen LogP) is -5.25. The van der Waals surface area contributed by atoms with Crippen LogP contribution < -0.4 is 53.4 Å². The average Bonchev–Trinajstić information content (AvgIpc) is 3.95. The van der Waals surface area contributed by atoms with Gasteiger partial charge in [-0.25, -0.2) is 0 Å². The van der Waals surface area contributed by atoms with E-state index in [1.807, 2.05) is 0 Å². The first-order valence-electron chi connectivity index (χ1n) is 24.8. The fraction of sp³-hybridized carbons (Fsp3) is 0.638. The van der Waals surface area contributed by atoms with E-state index in [2.05, 4.69) is 42.2 Å². The number of benzene rings is 1. The highest BCUT2D eigenvalue weighted by atomic mass is 32.2. The number of primary amides is 1. The quantitative estimate of drug-likeness (QED) is 0.0585. The molecule has 15 N–H and O–H groups in total. The summed E-state index contributed by atoms with van der Waals surface area (Å²) in [5.41, 5.74) is 11.8. The summed E-state index contributed by atoms with van der Waals surface area (Å²) in [6, 6.07) is -4.36. The second-order valence-electron chi connectivity index (χ2n) is 18.4. The maximum Gasteiger partial charge on any atom is 0.246 e. The zero-order chi connectivity index (χ0) is 54.8. The molecule has 5 rings (SSSR count). The van der Waals surface area contributed by atoms with Gasteiger partial charge >= 0.3 is 0 Å². The van der Waals surface area contributed by atoms with Crippen molar-refractivity contribution in [1.82, 2.24) is 47.1 Å². The summed E-state index contributed by atoms with van der Waals surface area (Å²) in [4.78, 5) is 130. The van der Waals surface area contributed by atoms with Crippen molar-refractivity contribution in [2.24, 2.45) is 23.3 Å². The van der Waals surface area contributed by atoms with Crippen LogP contribution in [0.4, 0.5) is 0 Å². The third-order valence-electron chi connectivity index (χ3n) is 12.9. The first-order valence-corrected chi connectivity index (χ1v) is 25.8. The number of aliphatic hydroxyl groups is 3. The average molecular weight is 1080 g/mol. The van der Waals surface area contributed by atoms with Crippen molar-refractivity contribution in [2.45, 2.75) is 99.9 Å². The highest BCUT2D eigenvalue weighted by Crippen LogP contribution is 2.34. The molecule has 28 heteroatoms. The lowest BCUT2D eigenvalue weighted by atomic mass is 9.93. The van der Waals surface area contributed by atoms with E-state index in [-0.39, 0.29) is 31.8 Å². The van der Waals surface area contributed by atoms with E-state index >= 15 is 0 Å². The fourth-order valence-corrected chi connectivity index (χ4v) is 9.60. The summed E-state index contributed by atoms with van der Waals surface area (Å²) in [5, 5.41) is 50.2. The van der Waals surface area contributed by atoms with Gasteiger partial charge in [-0.05, 0) is 23.6 Å². The minimum absolute atomic E-state index is 0.136. The number of aromatic nitrogens is 1. The number of ether oxygens (including phenoxy) is 4. The molecule has 0 saturated carbocycles. The van der Waals surface area contributed by atoms with Crippen LogP contribution in [0.25, 0.3) is 10.9 Å². The monoisotopic (exact) mass is 1080 g/mol. The normalized spacial score (nSPS) is 25.1. The van der Waals surface area contributed by atoms with E-state index in [1.54, 1.807) is 32.0 Å². The molecule has 1 aromatic carbocycles. The second kappa shape index (κ2) is 29.2. The highest BCUT2D eigenvalue weighted by Gasteiger charge is 2.45. The van der Waals surface area contributed by atoms with E-state index in [4.69, 9.17) is 30.4 Å². The summed E-state index contributed by atoms with van der Waals surface area (Å²) in [5.74, 6) is -10.2. The molecular weight excluding hydrogens is 1010 g/mol. The van der Waals surface area contributed by atoms with Gasteiger partial charge < -0.3 is 92.8 Å². The van der Waals surface area contributed by atoms with E-state index in [0.29, 0.717) is 73.2 Å². The summed E-state index contributed by atoms with van der Waals surface area (Å²) in [6.07, 6.45) is -4.05. The Labute approximate surface area is 436 Å². The molecule has 1 aromatic heterocycles. The van der Waals surface area contributed by atoms with Crippen molar-refractivity contribution in [1.29, 1.82) is 0 Å². The van der Waals surface area contributed by atoms with Crippen molar-refractivity contribution < 1.29 is 77.4 Å². The molecule has 6 unspecified atom stereocenters. The van der Waals surface area contributed by atoms with Crippen LogP contribution in [0.3, 0.4) is 0 Å². The molecule has 2 aromatic rings. The maximum atomic E-state index is 14.6. The molecule has 9 amide bonds. The summed E-state index contributed by atoms with van der Waals surface area (Å²) >= 11 is 0.981. The number of nitrogens with one attached hydrogen (secondary N) is 8. The highest BCUT2D eigenvalue weighted by molar-refractivity contribution is 7.99. The summed E-state index contributed by atoms with van der Waals surface area (Å²) in [7, 11) is 0. The molecule has 4 heterocycles. The number of aromatic amines is 1. The molecule has 3 aliphatic rings. The number of thioether (sulfide) groups is 1. The van der Waals surface area contributed by atoms with Crippen molar-refractivity contribution in [3.8, 4) is 5.75 Å². The molecule has 0 aliphatic carbocycles. The zero-order valence-electron chi connectivity index (χ0n) is 42.2. The molecule has 10 atom stereocenters. The van der Waals surface area contributed by atoms with E-state index in [9.17, 15) is 58.5 Å². The van der Waals surface area contributed by atoms with Gasteiger partial charge in [0.25, 0.3) is 0 Å². The Hall–Kier alpha value is -6.14. The van der Waals surface area contributed by atoms with E-state index < -0.39 is 146 Å². The number of fused-ring (bicyclic) bond motifs is 5. The molecule has 0 radical (unpaired) electrons. The number of hydrogen-bond donors (Lipinski definition) is 13. The molecule has 416 valence electrons. The number of amides is 9. The van der Waals surface area contributed by atoms with E-state index in [0.717, 1.165) is 16.7 Å².